The number of amides is 1. The first kappa shape index (κ1) is 18.9. The number of carboxylic acid groups (broad SMARTS) is 1. The van der Waals surface area contributed by atoms with Gasteiger partial charge in [0.05, 0.1) is 0 Å². The summed E-state index contributed by atoms with van der Waals surface area (Å²) in [5.74, 6) is -0.922. The average Bonchev–Trinajstić information content (AvgIpc) is 2.60. The van der Waals surface area contributed by atoms with Crippen molar-refractivity contribution in [2.45, 2.75) is 51.1 Å². The molecule has 25 heavy (non-hydrogen) atoms. The van der Waals surface area contributed by atoms with Gasteiger partial charge >= 0.3 is 5.97 Å². The topological polar surface area (TPSA) is 120 Å². The molecule has 1 aromatic carbocycles. The number of hydrogen-bond acceptors (Lipinski definition) is 4. The Morgan fingerprint density at radius 1 is 1.36 bits per heavy atom. The van der Waals surface area contributed by atoms with Crippen molar-refractivity contribution in [2.24, 2.45) is 5.73 Å². The number of nitrogens with zero attached hydrogens (tertiary/aromatic N) is 1. The molecule has 1 fully saturated rings. The number of carbonyl (C=O) groups excluding carboxylic acids is 1. The van der Waals surface area contributed by atoms with E-state index in [1.165, 1.54) is 0 Å². The summed E-state index contributed by atoms with van der Waals surface area (Å²) in [6.07, 6.45) is 4.00. The lowest BCUT2D eigenvalue weighted by Gasteiger charge is -2.38. The highest BCUT2D eigenvalue weighted by Gasteiger charge is 2.30. The first-order chi connectivity index (χ1) is 11.9. The van der Waals surface area contributed by atoms with Crippen LogP contribution in [-0.2, 0) is 9.59 Å². The third kappa shape index (κ3) is 5.29. The Balaban J connectivity index is 1.87. The Hall–Kier alpha value is -2.41. The van der Waals surface area contributed by atoms with Gasteiger partial charge in [0, 0.05) is 23.7 Å². The average molecular weight is 346 g/mol. The second-order valence-electron chi connectivity index (χ2n) is 6.48. The molecule has 0 radical (unpaired) electrons. The number of anilines is 1. The molecule has 1 saturated heterocycles. The molecule has 0 aliphatic carbocycles. The number of amidine groups is 1. The van der Waals surface area contributed by atoms with E-state index in [9.17, 15) is 14.7 Å². The predicted octanol–water partition coefficient (Wildman–Crippen LogP) is 2.02. The zero-order valence-electron chi connectivity index (χ0n) is 14.5. The first-order valence-electron chi connectivity index (χ1n) is 8.61. The number of nitrogens with one attached hydrogen (secondary N) is 2. The van der Waals surface area contributed by atoms with Crippen molar-refractivity contribution in [1.82, 2.24) is 4.90 Å². The van der Waals surface area contributed by atoms with Gasteiger partial charge in [-0.15, -0.1) is 0 Å². The number of rotatable bonds is 7. The van der Waals surface area contributed by atoms with Crippen LogP contribution in [0, 0.1) is 5.41 Å². The fourth-order valence-corrected chi connectivity index (χ4v) is 3.24. The van der Waals surface area contributed by atoms with Crippen LogP contribution in [0.3, 0.4) is 0 Å². The third-order valence-electron chi connectivity index (χ3n) is 4.71. The summed E-state index contributed by atoms with van der Waals surface area (Å²) >= 11 is 0. The van der Waals surface area contributed by atoms with Crippen LogP contribution in [0.1, 0.15) is 44.6 Å². The van der Waals surface area contributed by atoms with Crippen molar-refractivity contribution < 1.29 is 14.7 Å². The molecule has 7 nitrogen and oxygen atoms in total. The minimum Gasteiger partial charge on any atom is -0.480 e. The number of nitrogen functional groups attached to an aromatic ring is 1. The van der Waals surface area contributed by atoms with Gasteiger partial charge in [-0.3, -0.25) is 19.9 Å². The summed E-state index contributed by atoms with van der Waals surface area (Å²) in [6.45, 7) is 2.48. The lowest BCUT2D eigenvalue weighted by molar-refractivity contribution is -0.144. The molecule has 0 spiro atoms. The molecule has 7 heteroatoms. The number of hydrogen-bond donors (Lipinski definition) is 4. The molecule has 0 saturated carbocycles. The molecular formula is C18H26N4O3. The zero-order valence-corrected chi connectivity index (χ0v) is 14.5. The Morgan fingerprint density at radius 3 is 2.64 bits per heavy atom. The van der Waals surface area contributed by atoms with Crippen molar-refractivity contribution >= 4 is 23.4 Å². The Labute approximate surface area is 147 Å². The van der Waals surface area contributed by atoms with Crippen LogP contribution in [-0.4, -0.2) is 46.3 Å². The van der Waals surface area contributed by atoms with Crippen LogP contribution in [0.15, 0.2) is 24.3 Å². The monoisotopic (exact) mass is 346 g/mol. The highest BCUT2D eigenvalue weighted by molar-refractivity contribution is 5.96. The number of benzene rings is 1. The highest BCUT2D eigenvalue weighted by Crippen LogP contribution is 2.23. The number of carbonyl (C=O) groups is 2. The van der Waals surface area contributed by atoms with Gasteiger partial charge in [0.1, 0.15) is 11.9 Å². The van der Waals surface area contributed by atoms with Crippen molar-refractivity contribution in [3.8, 4) is 0 Å². The van der Waals surface area contributed by atoms with Gasteiger partial charge < -0.3 is 16.2 Å². The number of nitrogens with two attached hydrogens (primary N) is 1. The van der Waals surface area contributed by atoms with Gasteiger partial charge in [-0.05, 0) is 57.0 Å². The molecule has 2 rings (SSSR count). The van der Waals surface area contributed by atoms with E-state index in [1.807, 2.05) is 4.90 Å². The summed E-state index contributed by atoms with van der Waals surface area (Å²) in [5.41, 5.74) is 6.67. The molecule has 1 aliphatic heterocycles. The standard InChI is InChI=1S/C18H26N4O3/c1-12(18(24)25)22-11-3-2-4-15(22)9-10-16(23)21-14-7-5-13(6-8-14)17(19)20/h5-8,12,15H,2-4,9-11H2,1H3,(H3,19,20)(H,21,23)(H,24,25). The maximum atomic E-state index is 12.2. The summed E-state index contributed by atoms with van der Waals surface area (Å²) in [6, 6.07) is 6.42. The molecular weight excluding hydrogens is 320 g/mol. The van der Waals surface area contributed by atoms with Gasteiger partial charge in [-0.25, -0.2) is 0 Å². The summed E-state index contributed by atoms with van der Waals surface area (Å²) < 4.78 is 0. The van der Waals surface area contributed by atoms with Crippen molar-refractivity contribution in [2.75, 3.05) is 11.9 Å². The SMILES string of the molecule is CC(C(=O)O)N1CCCCC1CCC(=O)Nc1ccc(C(=N)N)cc1. The molecule has 2 atom stereocenters. The van der Waals surface area contributed by atoms with Gasteiger partial charge in [0.25, 0.3) is 0 Å². The second-order valence-corrected chi connectivity index (χ2v) is 6.48. The van der Waals surface area contributed by atoms with Crippen molar-refractivity contribution in [3.63, 3.8) is 0 Å². The molecule has 5 N–H and O–H groups in total. The Morgan fingerprint density at radius 2 is 2.04 bits per heavy atom. The quantitative estimate of drug-likeness (QED) is 0.445. The highest BCUT2D eigenvalue weighted by atomic mass is 16.4. The van der Waals surface area contributed by atoms with Crippen LogP contribution in [0.5, 0.6) is 0 Å². The van der Waals surface area contributed by atoms with Crippen LogP contribution in [0.2, 0.25) is 0 Å². The van der Waals surface area contributed by atoms with E-state index in [0.29, 0.717) is 24.1 Å². The number of piperidine rings is 1. The van der Waals surface area contributed by atoms with E-state index >= 15 is 0 Å². The molecule has 0 aromatic heterocycles. The number of likely N-dealkylation sites (tertiary alicyclic amines) is 1. The maximum absolute atomic E-state index is 12.2. The van der Waals surface area contributed by atoms with E-state index in [2.05, 4.69) is 5.32 Å². The maximum Gasteiger partial charge on any atom is 0.320 e. The molecule has 1 aromatic rings. The van der Waals surface area contributed by atoms with Crippen LogP contribution in [0.4, 0.5) is 5.69 Å². The Bertz CT molecular complexity index is 630. The van der Waals surface area contributed by atoms with E-state index in [4.69, 9.17) is 11.1 Å². The van der Waals surface area contributed by atoms with Gasteiger partial charge in [0.15, 0.2) is 0 Å². The Kier molecular flexibility index (Phi) is 6.52. The van der Waals surface area contributed by atoms with Gasteiger partial charge in [-0.1, -0.05) is 6.42 Å². The van der Waals surface area contributed by atoms with Crippen LogP contribution >= 0.6 is 0 Å². The van der Waals surface area contributed by atoms with E-state index in [1.54, 1.807) is 31.2 Å². The first-order valence-corrected chi connectivity index (χ1v) is 8.61. The largest absolute Gasteiger partial charge is 0.480 e. The molecule has 136 valence electrons. The zero-order chi connectivity index (χ0) is 18.4. The number of aliphatic carboxylic acids is 1. The second kappa shape index (κ2) is 8.62. The predicted molar refractivity (Wildman–Crippen MR) is 96.8 cm³/mol. The molecule has 2 unspecified atom stereocenters. The fourth-order valence-electron chi connectivity index (χ4n) is 3.24. The summed E-state index contributed by atoms with van der Waals surface area (Å²) in [4.78, 5) is 25.4. The lowest BCUT2D eigenvalue weighted by atomic mass is 9.96. The normalized spacial score (nSPS) is 19.2. The number of carboxylic acids is 1. The molecule has 1 aliphatic rings. The molecule has 1 heterocycles. The fraction of sp³-hybridized carbons (Fsp3) is 0.500. The lowest BCUT2D eigenvalue weighted by Crippen LogP contribution is -2.48. The van der Waals surface area contributed by atoms with Gasteiger partial charge in [-0.2, -0.15) is 0 Å². The van der Waals surface area contributed by atoms with Crippen LogP contribution in [0.25, 0.3) is 0 Å². The molecule has 0 bridgehead atoms. The summed E-state index contributed by atoms with van der Waals surface area (Å²) in [5, 5.41) is 19.4. The molecule has 1 amide bonds. The van der Waals surface area contributed by atoms with Crippen LogP contribution < -0.4 is 11.1 Å². The van der Waals surface area contributed by atoms with E-state index < -0.39 is 12.0 Å². The van der Waals surface area contributed by atoms with E-state index in [-0.39, 0.29) is 17.8 Å². The van der Waals surface area contributed by atoms with Crippen molar-refractivity contribution in [1.29, 1.82) is 5.41 Å². The minimum absolute atomic E-state index is 0.0113. The smallest absolute Gasteiger partial charge is 0.320 e. The van der Waals surface area contributed by atoms with Crippen molar-refractivity contribution in [3.05, 3.63) is 29.8 Å². The third-order valence-corrected chi connectivity index (χ3v) is 4.71. The summed E-state index contributed by atoms with van der Waals surface area (Å²) in [7, 11) is 0. The van der Waals surface area contributed by atoms with Gasteiger partial charge in [0.2, 0.25) is 5.91 Å². The minimum atomic E-state index is -0.818. The van der Waals surface area contributed by atoms with E-state index in [0.717, 1.165) is 25.8 Å².